The van der Waals surface area contributed by atoms with Crippen LogP contribution in [0.1, 0.15) is 18.9 Å². The molecule has 0 bridgehead atoms. The van der Waals surface area contributed by atoms with Crippen LogP contribution in [0.4, 0.5) is 0 Å². The molecular weight excluding hydrogens is 418 g/mol. The second kappa shape index (κ2) is 8.95. The minimum absolute atomic E-state index is 0.210. The van der Waals surface area contributed by atoms with Crippen LogP contribution in [0.5, 0.6) is 0 Å². The number of hydrogen-bond donors (Lipinski definition) is 1. The third kappa shape index (κ3) is 4.40. The van der Waals surface area contributed by atoms with Crippen LogP contribution < -0.4 is 0 Å². The Morgan fingerprint density at radius 2 is 1.64 bits per heavy atom. The maximum absolute atomic E-state index is 11.7. The molecule has 5 rings (SSSR count). The van der Waals surface area contributed by atoms with E-state index in [1.54, 1.807) is 9.58 Å². The van der Waals surface area contributed by atoms with Crippen LogP contribution in [0.3, 0.4) is 0 Å². The predicted octanol–water partition coefficient (Wildman–Crippen LogP) is 2.56. The molecule has 9 heteroatoms. The van der Waals surface area contributed by atoms with Crippen molar-refractivity contribution < 1.29 is 9.90 Å². The highest BCUT2D eigenvalue weighted by atomic mass is 16.3. The highest BCUT2D eigenvalue weighted by Crippen LogP contribution is 2.27. The Labute approximate surface area is 191 Å². The molecule has 1 aliphatic rings. The van der Waals surface area contributed by atoms with E-state index in [1.807, 2.05) is 67.1 Å². The first kappa shape index (κ1) is 21.0. The monoisotopic (exact) mass is 443 g/mol. The number of hydrogen-bond acceptors (Lipinski definition) is 6. The molecule has 0 aliphatic carbocycles. The minimum atomic E-state index is -0.430. The fourth-order valence-electron chi connectivity index (χ4n) is 4.20. The minimum Gasteiger partial charge on any atom is -0.387 e. The van der Waals surface area contributed by atoms with Gasteiger partial charge in [-0.2, -0.15) is 10.2 Å². The maximum atomic E-state index is 11.7. The quantitative estimate of drug-likeness (QED) is 0.509. The zero-order chi connectivity index (χ0) is 22.8. The summed E-state index contributed by atoms with van der Waals surface area (Å²) in [5, 5.41) is 17.8. The van der Waals surface area contributed by atoms with Gasteiger partial charge in [-0.15, -0.1) is 0 Å². The molecule has 1 saturated heterocycles. The average Bonchev–Trinajstić information content (AvgIpc) is 3.54. The lowest BCUT2D eigenvalue weighted by molar-refractivity contribution is -0.135. The predicted molar refractivity (Wildman–Crippen MR) is 123 cm³/mol. The Bertz CT molecular complexity index is 1250. The van der Waals surface area contributed by atoms with Gasteiger partial charge in [-0.3, -0.25) is 14.2 Å². The lowest BCUT2D eigenvalue weighted by atomic mass is 10.1. The topological polar surface area (TPSA) is 102 Å². The third-order valence-corrected chi connectivity index (χ3v) is 6.07. The number of aryl methyl sites for hydroxylation is 1. The van der Waals surface area contributed by atoms with Gasteiger partial charge in [0.15, 0.2) is 5.82 Å². The van der Waals surface area contributed by atoms with Gasteiger partial charge >= 0.3 is 0 Å². The lowest BCUT2D eigenvalue weighted by Gasteiger charge is -2.31. The van der Waals surface area contributed by atoms with E-state index in [0.29, 0.717) is 18.9 Å². The molecule has 1 N–H and O–H groups in total. The SMILES string of the molecule is Cn1cc(-c2cccc(-c3ncc(-c4cnn(C5CCN(C(=O)CO)CC5)c4)cn3)c2)cn1. The van der Waals surface area contributed by atoms with Crippen molar-refractivity contribution in [1.29, 1.82) is 0 Å². The van der Waals surface area contributed by atoms with Gasteiger partial charge in [0, 0.05) is 67.2 Å². The van der Waals surface area contributed by atoms with Gasteiger partial charge in [0.2, 0.25) is 5.91 Å². The summed E-state index contributed by atoms with van der Waals surface area (Å²) in [6.45, 7) is 0.838. The summed E-state index contributed by atoms with van der Waals surface area (Å²) in [6.07, 6.45) is 12.9. The van der Waals surface area contributed by atoms with Crippen LogP contribution in [0.15, 0.2) is 61.4 Å². The summed E-state index contributed by atoms with van der Waals surface area (Å²) in [6, 6.07) is 8.35. The second-order valence-electron chi connectivity index (χ2n) is 8.26. The summed E-state index contributed by atoms with van der Waals surface area (Å²) in [5.74, 6) is 0.454. The Morgan fingerprint density at radius 3 is 2.33 bits per heavy atom. The fraction of sp³-hybridized carbons (Fsp3) is 0.292. The van der Waals surface area contributed by atoms with Crippen LogP contribution in [0.2, 0.25) is 0 Å². The van der Waals surface area contributed by atoms with Gasteiger partial charge < -0.3 is 10.0 Å². The van der Waals surface area contributed by atoms with Crippen LogP contribution >= 0.6 is 0 Å². The first-order chi connectivity index (χ1) is 16.1. The molecule has 33 heavy (non-hydrogen) atoms. The highest BCUT2D eigenvalue weighted by molar-refractivity contribution is 5.77. The summed E-state index contributed by atoms with van der Waals surface area (Å²) in [4.78, 5) is 22.5. The number of amides is 1. The zero-order valence-corrected chi connectivity index (χ0v) is 18.4. The number of carbonyl (C=O) groups excluding carboxylic acids is 1. The van der Waals surface area contributed by atoms with Crippen LogP contribution in [-0.2, 0) is 11.8 Å². The normalized spacial score (nSPS) is 14.5. The number of benzene rings is 1. The molecule has 1 amide bonds. The largest absolute Gasteiger partial charge is 0.387 e. The van der Waals surface area contributed by atoms with Gasteiger partial charge in [0.05, 0.1) is 18.4 Å². The van der Waals surface area contributed by atoms with E-state index in [1.165, 1.54) is 0 Å². The second-order valence-corrected chi connectivity index (χ2v) is 8.26. The Kier molecular flexibility index (Phi) is 5.70. The summed E-state index contributed by atoms with van der Waals surface area (Å²) in [7, 11) is 1.90. The van der Waals surface area contributed by atoms with E-state index in [2.05, 4.69) is 26.2 Å². The van der Waals surface area contributed by atoms with E-state index in [4.69, 9.17) is 5.11 Å². The molecule has 0 spiro atoms. The van der Waals surface area contributed by atoms with Crippen molar-refractivity contribution in [2.45, 2.75) is 18.9 Å². The number of aromatic nitrogens is 6. The van der Waals surface area contributed by atoms with Gasteiger partial charge in [-0.05, 0) is 24.5 Å². The number of nitrogens with zero attached hydrogens (tertiary/aromatic N) is 7. The summed E-state index contributed by atoms with van der Waals surface area (Å²) >= 11 is 0. The fourth-order valence-corrected chi connectivity index (χ4v) is 4.20. The maximum Gasteiger partial charge on any atom is 0.248 e. The molecule has 168 valence electrons. The third-order valence-electron chi connectivity index (χ3n) is 6.07. The molecule has 0 atom stereocenters. The first-order valence-electron chi connectivity index (χ1n) is 11.0. The molecule has 0 radical (unpaired) electrons. The van der Waals surface area contributed by atoms with Crippen molar-refractivity contribution in [3.8, 4) is 33.6 Å². The molecule has 0 unspecified atom stereocenters. The van der Waals surface area contributed by atoms with Gasteiger partial charge in [0.1, 0.15) is 6.61 Å². The number of aliphatic hydroxyl groups is 1. The van der Waals surface area contributed by atoms with Crippen LogP contribution in [0.25, 0.3) is 33.6 Å². The highest BCUT2D eigenvalue weighted by Gasteiger charge is 2.24. The number of piperidine rings is 1. The average molecular weight is 444 g/mol. The molecule has 1 aromatic carbocycles. The zero-order valence-electron chi connectivity index (χ0n) is 18.4. The van der Waals surface area contributed by atoms with E-state index in [9.17, 15) is 4.79 Å². The summed E-state index contributed by atoms with van der Waals surface area (Å²) in [5.41, 5.74) is 4.93. The standard InChI is InChI=1S/C24H25N7O2/c1-29-14-20(12-27-29)17-3-2-4-18(9-17)24-25-10-19(11-26-24)21-13-28-31(15-21)22-5-7-30(8-6-22)23(33)16-32/h2-4,9-15,22,32H,5-8,16H2,1H3. The first-order valence-corrected chi connectivity index (χ1v) is 11.0. The van der Waals surface area contributed by atoms with Gasteiger partial charge in [-0.25, -0.2) is 9.97 Å². The smallest absolute Gasteiger partial charge is 0.248 e. The molecular formula is C24H25N7O2. The van der Waals surface area contributed by atoms with Crippen molar-refractivity contribution in [3.05, 3.63) is 61.4 Å². The Hall–Kier alpha value is -3.85. The van der Waals surface area contributed by atoms with Crippen molar-refractivity contribution in [1.82, 2.24) is 34.4 Å². The molecule has 1 aliphatic heterocycles. The van der Waals surface area contributed by atoms with E-state index in [-0.39, 0.29) is 11.9 Å². The Balaban J connectivity index is 1.29. The lowest BCUT2D eigenvalue weighted by Crippen LogP contribution is -2.40. The van der Waals surface area contributed by atoms with E-state index < -0.39 is 6.61 Å². The number of carbonyl (C=O) groups is 1. The van der Waals surface area contributed by atoms with E-state index in [0.717, 1.165) is 40.7 Å². The molecule has 9 nitrogen and oxygen atoms in total. The van der Waals surface area contributed by atoms with Crippen molar-refractivity contribution in [2.75, 3.05) is 19.7 Å². The Morgan fingerprint density at radius 1 is 0.939 bits per heavy atom. The number of rotatable bonds is 5. The molecule has 1 fully saturated rings. The van der Waals surface area contributed by atoms with Gasteiger partial charge in [0.25, 0.3) is 0 Å². The molecule has 0 saturated carbocycles. The summed E-state index contributed by atoms with van der Waals surface area (Å²) < 4.78 is 3.74. The van der Waals surface area contributed by atoms with Crippen LogP contribution in [-0.4, -0.2) is 65.1 Å². The van der Waals surface area contributed by atoms with Crippen molar-refractivity contribution in [2.24, 2.45) is 7.05 Å². The van der Waals surface area contributed by atoms with Crippen LogP contribution in [0, 0.1) is 0 Å². The van der Waals surface area contributed by atoms with Gasteiger partial charge in [-0.1, -0.05) is 18.2 Å². The number of likely N-dealkylation sites (tertiary alicyclic amines) is 1. The molecule has 4 aromatic rings. The molecule has 4 heterocycles. The molecule has 3 aromatic heterocycles. The van der Waals surface area contributed by atoms with E-state index >= 15 is 0 Å². The number of aliphatic hydroxyl groups excluding tert-OH is 1. The van der Waals surface area contributed by atoms with Crippen molar-refractivity contribution in [3.63, 3.8) is 0 Å². The van der Waals surface area contributed by atoms with Crippen molar-refractivity contribution >= 4 is 5.91 Å².